The molecule has 0 atom stereocenters. The summed E-state index contributed by atoms with van der Waals surface area (Å²) in [7, 11) is -4.10. The SMILES string of the molecule is NS(=O)(=O)c1ccc(NCCC(=O)NCc2cccc(OC(F)F)c2)c([N+](=O)[O-])c1. The number of nitrogens with zero attached hydrogens (tertiary/aromatic N) is 1. The molecular formula is C17H18F2N4O6S. The number of alkyl halides is 2. The third-order valence-electron chi connectivity index (χ3n) is 3.78. The predicted molar refractivity (Wildman–Crippen MR) is 102 cm³/mol. The fraction of sp³-hybridized carbons (Fsp3) is 0.235. The lowest BCUT2D eigenvalue weighted by Gasteiger charge is -2.10. The van der Waals surface area contributed by atoms with Crippen LogP contribution in [0.25, 0.3) is 0 Å². The van der Waals surface area contributed by atoms with Crippen LogP contribution in [-0.2, 0) is 21.4 Å². The van der Waals surface area contributed by atoms with Gasteiger partial charge in [0.2, 0.25) is 15.9 Å². The third-order valence-corrected chi connectivity index (χ3v) is 4.69. The molecule has 0 fully saturated rings. The van der Waals surface area contributed by atoms with Crippen molar-refractivity contribution in [1.82, 2.24) is 5.32 Å². The molecular weight excluding hydrogens is 426 g/mol. The van der Waals surface area contributed by atoms with Gasteiger partial charge in [0.05, 0.1) is 9.82 Å². The van der Waals surface area contributed by atoms with Crippen LogP contribution >= 0.6 is 0 Å². The molecule has 10 nitrogen and oxygen atoms in total. The summed E-state index contributed by atoms with van der Waals surface area (Å²) in [5, 5.41) is 21.4. The third kappa shape index (κ3) is 6.93. The van der Waals surface area contributed by atoms with Crippen molar-refractivity contribution < 1.29 is 31.7 Å². The Morgan fingerprint density at radius 3 is 2.60 bits per heavy atom. The normalized spacial score (nSPS) is 11.2. The Hall–Kier alpha value is -3.32. The molecule has 1 amide bonds. The number of nitrogens with two attached hydrogens (primary N) is 1. The van der Waals surface area contributed by atoms with Crippen LogP contribution in [0.5, 0.6) is 5.75 Å². The van der Waals surface area contributed by atoms with Crippen LogP contribution in [0, 0.1) is 10.1 Å². The van der Waals surface area contributed by atoms with Crippen LogP contribution in [0.3, 0.4) is 0 Å². The lowest BCUT2D eigenvalue weighted by Crippen LogP contribution is -2.25. The Morgan fingerprint density at radius 2 is 1.97 bits per heavy atom. The van der Waals surface area contributed by atoms with E-state index in [1.54, 1.807) is 6.07 Å². The van der Waals surface area contributed by atoms with E-state index in [0.29, 0.717) is 5.56 Å². The number of hydrogen-bond acceptors (Lipinski definition) is 7. The van der Waals surface area contributed by atoms with Gasteiger partial charge in [0.15, 0.2) is 0 Å². The predicted octanol–water partition coefficient (Wildman–Crippen LogP) is 1.96. The molecule has 162 valence electrons. The van der Waals surface area contributed by atoms with E-state index in [2.05, 4.69) is 15.4 Å². The minimum atomic E-state index is -4.10. The van der Waals surface area contributed by atoms with Gasteiger partial charge in [-0.2, -0.15) is 8.78 Å². The summed E-state index contributed by atoms with van der Waals surface area (Å²) < 4.78 is 51.4. The number of rotatable bonds is 10. The monoisotopic (exact) mass is 444 g/mol. The number of anilines is 1. The van der Waals surface area contributed by atoms with Gasteiger partial charge in [-0.05, 0) is 29.8 Å². The average Bonchev–Trinajstić information content (AvgIpc) is 2.65. The van der Waals surface area contributed by atoms with Crippen LogP contribution in [0.1, 0.15) is 12.0 Å². The first-order valence-electron chi connectivity index (χ1n) is 8.42. The van der Waals surface area contributed by atoms with Gasteiger partial charge in [-0.15, -0.1) is 0 Å². The lowest BCUT2D eigenvalue weighted by atomic mass is 10.2. The number of nitro benzene ring substituents is 1. The van der Waals surface area contributed by atoms with Crippen LogP contribution in [0.4, 0.5) is 20.2 Å². The summed E-state index contributed by atoms with van der Waals surface area (Å²) in [4.78, 5) is 21.9. The zero-order valence-electron chi connectivity index (χ0n) is 15.4. The summed E-state index contributed by atoms with van der Waals surface area (Å²) in [6, 6.07) is 8.96. The first-order valence-corrected chi connectivity index (χ1v) is 9.96. The number of carbonyl (C=O) groups excluding carboxylic acids is 1. The summed E-state index contributed by atoms with van der Waals surface area (Å²) in [5.41, 5.74) is 0.0681. The van der Waals surface area contributed by atoms with Crippen LogP contribution in [0.15, 0.2) is 47.4 Å². The molecule has 0 saturated heterocycles. The van der Waals surface area contributed by atoms with E-state index in [4.69, 9.17) is 5.14 Å². The van der Waals surface area contributed by atoms with Gasteiger partial charge in [0.25, 0.3) is 5.69 Å². The van der Waals surface area contributed by atoms with E-state index >= 15 is 0 Å². The van der Waals surface area contributed by atoms with Crippen molar-refractivity contribution in [2.45, 2.75) is 24.5 Å². The molecule has 0 bridgehead atoms. The lowest BCUT2D eigenvalue weighted by molar-refractivity contribution is -0.384. The second kappa shape index (κ2) is 9.93. The van der Waals surface area contributed by atoms with Crippen LogP contribution in [-0.4, -0.2) is 32.4 Å². The number of benzene rings is 2. The van der Waals surface area contributed by atoms with Gasteiger partial charge in [0.1, 0.15) is 11.4 Å². The van der Waals surface area contributed by atoms with E-state index in [1.807, 2.05) is 0 Å². The Bertz CT molecular complexity index is 1030. The van der Waals surface area contributed by atoms with Gasteiger partial charge in [-0.1, -0.05) is 12.1 Å². The molecule has 4 N–H and O–H groups in total. The number of carbonyl (C=O) groups is 1. The number of halogens is 2. The van der Waals surface area contributed by atoms with Crippen molar-refractivity contribution in [1.29, 1.82) is 0 Å². The van der Waals surface area contributed by atoms with E-state index < -0.39 is 38.0 Å². The number of amides is 1. The summed E-state index contributed by atoms with van der Waals surface area (Å²) in [5.74, 6) is -0.430. The van der Waals surface area contributed by atoms with Gasteiger partial charge in [-0.3, -0.25) is 14.9 Å². The molecule has 2 aromatic rings. The maximum Gasteiger partial charge on any atom is 0.387 e. The molecule has 30 heavy (non-hydrogen) atoms. The Kier molecular flexibility index (Phi) is 7.60. The fourth-order valence-corrected chi connectivity index (χ4v) is 2.95. The van der Waals surface area contributed by atoms with Crippen molar-refractivity contribution in [3.8, 4) is 5.75 Å². The number of nitro groups is 1. The standard InChI is InChI=1S/C17H18F2N4O6S/c18-17(19)29-12-3-1-2-11(8-12)10-22-16(24)6-7-21-14-5-4-13(30(20,27)28)9-15(14)23(25)26/h1-5,8-9,17,21H,6-7,10H2,(H,22,24)(H2,20,27,28). The summed E-state index contributed by atoms with van der Waals surface area (Å²) in [6.45, 7) is -2.86. The molecule has 0 saturated carbocycles. The highest BCUT2D eigenvalue weighted by molar-refractivity contribution is 7.89. The van der Waals surface area contributed by atoms with Crippen molar-refractivity contribution in [2.75, 3.05) is 11.9 Å². The zero-order valence-corrected chi connectivity index (χ0v) is 16.2. The smallest absolute Gasteiger partial charge is 0.387 e. The van der Waals surface area contributed by atoms with E-state index in [-0.39, 0.29) is 30.9 Å². The number of primary sulfonamides is 1. The quantitative estimate of drug-likeness (QED) is 0.374. The first-order chi connectivity index (χ1) is 14.1. The highest BCUT2D eigenvalue weighted by Crippen LogP contribution is 2.27. The van der Waals surface area contributed by atoms with Crippen LogP contribution < -0.4 is 20.5 Å². The van der Waals surface area contributed by atoms with Crippen molar-refractivity contribution in [3.63, 3.8) is 0 Å². The molecule has 0 aliphatic rings. The molecule has 0 heterocycles. The van der Waals surface area contributed by atoms with Gasteiger partial charge >= 0.3 is 6.61 Å². The molecule has 0 aliphatic heterocycles. The number of nitrogens with one attached hydrogen (secondary N) is 2. The average molecular weight is 444 g/mol. The van der Waals surface area contributed by atoms with E-state index in [0.717, 1.165) is 12.1 Å². The molecule has 0 aliphatic carbocycles. The molecule has 2 rings (SSSR count). The van der Waals surface area contributed by atoms with Crippen molar-refractivity contribution in [3.05, 3.63) is 58.1 Å². The maximum atomic E-state index is 12.2. The van der Waals surface area contributed by atoms with Crippen molar-refractivity contribution in [2.24, 2.45) is 5.14 Å². The molecule has 2 aromatic carbocycles. The minimum Gasteiger partial charge on any atom is -0.435 e. The van der Waals surface area contributed by atoms with E-state index in [9.17, 15) is 32.1 Å². The van der Waals surface area contributed by atoms with Gasteiger partial charge in [-0.25, -0.2) is 13.6 Å². The summed E-state index contributed by atoms with van der Waals surface area (Å²) >= 11 is 0. The molecule has 0 aromatic heterocycles. The zero-order chi connectivity index (χ0) is 22.3. The Morgan fingerprint density at radius 1 is 1.23 bits per heavy atom. The second-order valence-corrected chi connectivity index (χ2v) is 7.52. The number of hydrogen-bond donors (Lipinski definition) is 3. The Labute approximate surface area is 170 Å². The number of sulfonamides is 1. The molecule has 0 unspecified atom stereocenters. The van der Waals surface area contributed by atoms with Crippen molar-refractivity contribution >= 4 is 27.3 Å². The first kappa shape index (κ1) is 23.0. The van der Waals surface area contributed by atoms with Gasteiger partial charge < -0.3 is 15.4 Å². The summed E-state index contributed by atoms with van der Waals surface area (Å²) in [6.07, 6.45) is -0.0542. The van der Waals surface area contributed by atoms with Gasteiger partial charge in [0, 0.05) is 25.6 Å². The molecule has 0 radical (unpaired) electrons. The molecule has 0 spiro atoms. The highest BCUT2D eigenvalue weighted by Gasteiger charge is 2.19. The Balaban J connectivity index is 1.90. The highest BCUT2D eigenvalue weighted by atomic mass is 32.2. The minimum absolute atomic E-state index is 0.0237. The topological polar surface area (TPSA) is 154 Å². The van der Waals surface area contributed by atoms with Crippen LogP contribution in [0.2, 0.25) is 0 Å². The fourth-order valence-electron chi connectivity index (χ4n) is 2.42. The van der Waals surface area contributed by atoms with E-state index in [1.165, 1.54) is 24.3 Å². The maximum absolute atomic E-state index is 12.2. The second-order valence-electron chi connectivity index (χ2n) is 5.96. The molecule has 13 heteroatoms. The largest absolute Gasteiger partial charge is 0.435 e. The number of ether oxygens (including phenoxy) is 1.